The maximum Gasteiger partial charge on any atom is 0.433 e. The van der Waals surface area contributed by atoms with Crippen LogP contribution in [0.5, 0.6) is 5.75 Å². The van der Waals surface area contributed by atoms with Gasteiger partial charge in [0.2, 0.25) is 5.89 Å². The van der Waals surface area contributed by atoms with Crippen molar-refractivity contribution in [2.45, 2.75) is 63.4 Å². The number of amides is 2. The van der Waals surface area contributed by atoms with Crippen molar-refractivity contribution in [3.05, 3.63) is 41.4 Å². The molecule has 41 heavy (non-hydrogen) atoms. The van der Waals surface area contributed by atoms with Gasteiger partial charge in [0, 0.05) is 35.5 Å². The lowest BCUT2D eigenvalue weighted by Gasteiger charge is -2.37. The fourth-order valence-corrected chi connectivity index (χ4v) is 5.94. The number of halogens is 3. The molecule has 0 radical (unpaired) electrons. The zero-order valence-electron chi connectivity index (χ0n) is 22.4. The molecule has 2 amide bonds. The molecule has 3 N–H and O–H groups in total. The Balaban J connectivity index is 1.15. The molecule has 1 saturated heterocycles. The van der Waals surface area contributed by atoms with Crippen molar-refractivity contribution in [1.82, 2.24) is 20.2 Å². The number of fused-ring (bicyclic) bond motifs is 1. The number of piperidine rings is 1. The third-order valence-corrected chi connectivity index (χ3v) is 8.27. The van der Waals surface area contributed by atoms with Gasteiger partial charge in [-0.3, -0.25) is 4.79 Å². The zero-order chi connectivity index (χ0) is 28.9. The number of hydrogen-bond acceptors (Lipinski definition) is 8. The lowest BCUT2D eigenvalue weighted by molar-refractivity contribution is -0.140. The highest BCUT2D eigenvalue weighted by Crippen LogP contribution is 2.62. The minimum atomic E-state index is -4.63. The molecule has 1 aliphatic heterocycles. The van der Waals surface area contributed by atoms with Gasteiger partial charge in [0.25, 0.3) is 5.91 Å². The third-order valence-electron chi connectivity index (χ3n) is 8.27. The maximum absolute atomic E-state index is 13.3. The standard InChI is InChI=1S/C28H30F3N5O5/c1-39-18-7-5-17(16-6-8-20(28(29,30)31)34-22(16)18)25-35-23(19(14-32)40-25)24(37)33-15-11-27(12-15)13-21(27)41-26(38)36-9-3-2-4-10-36/h5-8,15,21H,2-4,9-14,32H2,1H3,(H,33,37). The summed E-state index contributed by atoms with van der Waals surface area (Å²) < 4.78 is 56.6. The SMILES string of the molecule is COc1ccc(-c2nc(C(=O)NC3CC4(C3)CC4OC(=O)N3CCCCC3)c(CN)o2)c2ccc(C(F)(F)F)nc12. The summed E-state index contributed by atoms with van der Waals surface area (Å²) in [5, 5.41) is 3.27. The Morgan fingerprint density at radius 3 is 2.56 bits per heavy atom. The van der Waals surface area contributed by atoms with Crippen LogP contribution in [0.25, 0.3) is 22.4 Å². The van der Waals surface area contributed by atoms with Gasteiger partial charge >= 0.3 is 12.3 Å². The summed E-state index contributed by atoms with van der Waals surface area (Å²) in [6, 6.07) is 5.08. The molecule has 6 rings (SSSR count). The van der Waals surface area contributed by atoms with Gasteiger partial charge in [-0.25, -0.2) is 14.8 Å². The first-order valence-electron chi connectivity index (χ1n) is 13.6. The summed E-state index contributed by atoms with van der Waals surface area (Å²) in [4.78, 5) is 35.5. The lowest BCUT2D eigenvalue weighted by atomic mass is 9.76. The second-order valence-corrected chi connectivity index (χ2v) is 11.0. The highest BCUT2D eigenvalue weighted by Gasteiger charge is 2.64. The van der Waals surface area contributed by atoms with Gasteiger partial charge in [-0.15, -0.1) is 0 Å². The molecule has 1 atom stereocenters. The average Bonchev–Trinajstić information content (AvgIpc) is 3.47. The fraction of sp³-hybridized carbons (Fsp3) is 0.500. The monoisotopic (exact) mass is 573 g/mol. The number of ether oxygens (including phenoxy) is 2. The van der Waals surface area contributed by atoms with Crippen LogP contribution in [0.4, 0.5) is 18.0 Å². The van der Waals surface area contributed by atoms with Crippen LogP contribution in [0.2, 0.25) is 0 Å². The second-order valence-electron chi connectivity index (χ2n) is 11.0. The summed E-state index contributed by atoms with van der Waals surface area (Å²) in [5.74, 6) is -0.132. The van der Waals surface area contributed by atoms with E-state index in [2.05, 4.69) is 15.3 Å². The predicted octanol–water partition coefficient (Wildman–Crippen LogP) is 4.65. The molecule has 10 nitrogen and oxygen atoms in total. The van der Waals surface area contributed by atoms with Crippen LogP contribution in [-0.2, 0) is 17.5 Å². The van der Waals surface area contributed by atoms with Crippen molar-refractivity contribution >= 4 is 22.9 Å². The van der Waals surface area contributed by atoms with Crippen molar-refractivity contribution in [3.63, 3.8) is 0 Å². The number of carbonyl (C=O) groups excluding carboxylic acids is 2. The van der Waals surface area contributed by atoms with Crippen LogP contribution in [0.15, 0.2) is 28.7 Å². The van der Waals surface area contributed by atoms with E-state index in [9.17, 15) is 22.8 Å². The third kappa shape index (κ3) is 5.07. The Hall–Kier alpha value is -3.87. The topological polar surface area (TPSA) is 133 Å². The number of likely N-dealkylation sites (tertiary alicyclic amines) is 1. The van der Waals surface area contributed by atoms with Gasteiger partial charge in [-0.2, -0.15) is 13.2 Å². The zero-order valence-corrected chi connectivity index (χ0v) is 22.4. The quantitative estimate of drug-likeness (QED) is 0.436. The molecular weight excluding hydrogens is 543 g/mol. The number of alkyl halides is 3. The van der Waals surface area contributed by atoms with E-state index in [1.165, 1.54) is 19.2 Å². The Kier molecular flexibility index (Phi) is 6.79. The first-order valence-corrected chi connectivity index (χ1v) is 13.6. The molecule has 2 saturated carbocycles. The lowest BCUT2D eigenvalue weighted by Crippen LogP contribution is -2.47. The molecule has 0 bridgehead atoms. The van der Waals surface area contributed by atoms with Crippen LogP contribution in [0, 0.1) is 5.41 Å². The number of carbonyl (C=O) groups is 2. The van der Waals surface area contributed by atoms with Crippen LogP contribution in [0.1, 0.15) is 60.5 Å². The molecule has 2 aliphatic carbocycles. The van der Waals surface area contributed by atoms with Crippen LogP contribution < -0.4 is 15.8 Å². The summed E-state index contributed by atoms with van der Waals surface area (Å²) in [6.45, 7) is 1.36. The van der Waals surface area contributed by atoms with Gasteiger partial charge < -0.3 is 29.8 Å². The largest absolute Gasteiger partial charge is 0.494 e. The van der Waals surface area contributed by atoms with Crippen molar-refractivity contribution in [2.24, 2.45) is 11.1 Å². The molecule has 1 unspecified atom stereocenters. The van der Waals surface area contributed by atoms with Crippen molar-refractivity contribution in [3.8, 4) is 17.2 Å². The first-order chi connectivity index (χ1) is 19.6. The van der Waals surface area contributed by atoms with E-state index in [1.807, 2.05) is 0 Å². The van der Waals surface area contributed by atoms with Gasteiger partial charge in [0.1, 0.15) is 23.1 Å². The summed E-state index contributed by atoms with van der Waals surface area (Å²) in [7, 11) is 1.34. The number of aromatic nitrogens is 2. The fourth-order valence-electron chi connectivity index (χ4n) is 5.94. The molecule has 2 aromatic heterocycles. The van der Waals surface area contributed by atoms with E-state index >= 15 is 0 Å². The van der Waals surface area contributed by atoms with Crippen molar-refractivity contribution < 1.29 is 36.7 Å². The minimum absolute atomic E-state index is 0.0103. The average molecular weight is 574 g/mol. The van der Waals surface area contributed by atoms with Crippen molar-refractivity contribution in [2.75, 3.05) is 20.2 Å². The van der Waals surface area contributed by atoms with E-state index in [-0.39, 0.29) is 58.8 Å². The molecule has 3 aromatic rings. The highest BCUT2D eigenvalue weighted by molar-refractivity contribution is 5.98. The number of rotatable bonds is 6. The number of methoxy groups -OCH3 is 1. The summed E-state index contributed by atoms with van der Waals surface area (Å²) in [6.07, 6.45) is 0.285. The number of nitrogens with two attached hydrogens (primary N) is 1. The second kappa shape index (κ2) is 10.2. The Morgan fingerprint density at radius 1 is 1.12 bits per heavy atom. The number of hydrogen-bond donors (Lipinski definition) is 2. The minimum Gasteiger partial charge on any atom is -0.494 e. The van der Waals surface area contributed by atoms with Gasteiger partial charge in [0.15, 0.2) is 11.5 Å². The molecule has 1 aromatic carbocycles. The first kappa shape index (κ1) is 27.3. The van der Waals surface area contributed by atoms with Gasteiger partial charge in [-0.05, 0) is 62.8 Å². The Labute approximate surface area is 233 Å². The van der Waals surface area contributed by atoms with E-state index in [0.29, 0.717) is 23.8 Å². The van der Waals surface area contributed by atoms with Gasteiger partial charge in [0.05, 0.1) is 13.7 Å². The molecule has 218 valence electrons. The van der Waals surface area contributed by atoms with Crippen LogP contribution in [0.3, 0.4) is 0 Å². The van der Waals surface area contributed by atoms with Gasteiger partial charge in [-0.1, -0.05) is 0 Å². The molecule has 13 heteroatoms. The normalized spacial score (nSPS) is 23.8. The summed E-state index contributed by atoms with van der Waals surface area (Å²) in [5.41, 5.74) is 5.03. The maximum atomic E-state index is 13.3. The highest BCUT2D eigenvalue weighted by atomic mass is 19.4. The molecule has 3 aliphatic rings. The smallest absolute Gasteiger partial charge is 0.433 e. The van der Waals surface area contributed by atoms with E-state index in [1.54, 1.807) is 11.0 Å². The number of oxazole rings is 1. The van der Waals surface area contributed by atoms with Crippen LogP contribution >= 0.6 is 0 Å². The van der Waals surface area contributed by atoms with E-state index in [0.717, 1.165) is 44.8 Å². The van der Waals surface area contributed by atoms with Crippen LogP contribution in [-0.4, -0.2) is 59.2 Å². The predicted molar refractivity (Wildman–Crippen MR) is 140 cm³/mol. The number of nitrogens with zero attached hydrogens (tertiary/aromatic N) is 3. The number of nitrogens with one attached hydrogen (secondary N) is 1. The molecule has 3 heterocycles. The molecule has 3 fully saturated rings. The number of pyridine rings is 1. The van der Waals surface area contributed by atoms with Crippen molar-refractivity contribution in [1.29, 1.82) is 0 Å². The van der Waals surface area contributed by atoms with E-state index < -0.39 is 17.8 Å². The molecular formula is C28H30F3N5O5. The molecule has 1 spiro atoms. The Bertz CT molecular complexity index is 1490. The summed E-state index contributed by atoms with van der Waals surface area (Å²) >= 11 is 0. The number of benzene rings is 1. The van der Waals surface area contributed by atoms with E-state index in [4.69, 9.17) is 19.6 Å². The Morgan fingerprint density at radius 2 is 1.88 bits per heavy atom.